The number of hydrogen-bond acceptors (Lipinski definition) is 7. The third kappa shape index (κ3) is 3.07. The Morgan fingerprint density at radius 3 is 2.75 bits per heavy atom. The van der Waals surface area contributed by atoms with Gasteiger partial charge < -0.3 is 10.6 Å². The summed E-state index contributed by atoms with van der Waals surface area (Å²) in [5.41, 5.74) is 2.24. The van der Waals surface area contributed by atoms with E-state index in [1.165, 1.54) is 18.5 Å². The van der Waals surface area contributed by atoms with Gasteiger partial charge in [0.1, 0.15) is 12.4 Å². The predicted octanol–water partition coefficient (Wildman–Crippen LogP) is 2.51. The molecule has 0 saturated carbocycles. The topological polar surface area (TPSA) is 128 Å². The summed E-state index contributed by atoms with van der Waals surface area (Å²) in [5, 5.41) is 21.1. The summed E-state index contributed by atoms with van der Waals surface area (Å²) in [4.78, 5) is 31.7. The molecule has 1 aliphatic heterocycles. The zero-order chi connectivity index (χ0) is 19.7. The first-order chi connectivity index (χ1) is 13.5. The SMILES string of the molecule is CC1=C(C(=O)Nc2cccnc2)[C@@H](c2ccc([N+](=O)[O-])cc2)n2ncnc2N1. The minimum absolute atomic E-state index is 0.0291. The lowest BCUT2D eigenvalue weighted by Crippen LogP contribution is -2.31. The van der Waals surface area contributed by atoms with Crippen molar-refractivity contribution in [2.45, 2.75) is 13.0 Å². The van der Waals surface area contributed by atoms with Gasteiger partial charge in [0.2, 0.25) is 5.95 Å². The van der Waals surface area contributed by atoms with Gasteiger partial charge in [-0.15, -0.1) is 0 Å². The van der Waals surface area contributed by atoms with E-state index < -0.39 is 11.0 Å². The second-order valence-corrected chi connectivity index (χ2v) is 6.14. The standard InChI is InChI=1S/C18H15N7O3/c1-11-15(17(26)23-13-3-2-8-19-9-13)16(24-18(22-11)20-10-21-24)12-4-6-14(7-5-12)25(27)28/h2-10,16H,1H3,(H,23,26)(H,20,21,22)/t16-/m1/s1. The number of benzene rings is 1. The lowest BCUT2D eigenvalue weighted by Gasteiger charge is -2.28. The van der Waals surface area contributed by atoms with Crippen LogP contribution in [0.5, 0.6) is 0 Å². The molecule has 0 fully saturated rings. The van der Waals surface area contributed by atoms with Crippen molar-refractivity contribution in [2.24, 2.45) is 0 Å². The van der Waals surface area contributed by atoms with Crippen molar-refractivity contribution in [3.63, 3.8) is 0 Å². The first kappa shape index (κ1) is 17.3. The summed E-state index contributed by atoms with van der Waals surface area (Å²) in [5.74, 6) is 0.154. The number of fused-ring (bicyclic) bond motifs is 1. The summed E-state index contributed by atoms with van der Waals surface area (Å²) in [6.45, 7) is 1.77. The summed E-state index contributed by atoms with van der Waals surface area (Å²) in [6, 6.07) is 8.91. The first-order valence-corrected chi connectivity index (χ1v) is 8.37. The molecule has 3 heterocycles. The van der Waals surface area contributed by atoms with E-state index in [9.17, 15) is 14.9 Å². The van der Waals surface area contributed by atoms with Crippen molar-refractivity contribution in [3.05, 3.63) is 82.1 Å². The highest BCUT2D eigenvalue weighted by Gasteiger charge is 2.33. The number of pyridine rings is 1. The smallest absolute Gasteiger partial charge is 0.269 e. The van der Waals surface area contributed by atoms with Gasteiger partial charge in [-0.2, -0.15) is 10.1 Å². The summed E-state index contributed by atoms with van der Waals surface area (Å²) >= 11 is 0. The number of nitrogens with zero attached hydrogens (tertiary/aromatic N) is 5. The molecule has 1 aromatic carbocycles. The van der Waals surface area contributed by atoms with Crippen LogP contribution in [0.3, 0.4) is 0 Å². The van der Waals surface area contributed by atoms with Gasteiger partial charge in [0.15, 0.2) is 0 Å². The van der Waals surface area contributed by atoms with Crippen LogP contribution in [0.15, 0.2) is 66.4 Å². The van der Waals surface area contributed by atoms with Crippen LogP contribution in [0.25, 0.3) is 0 Å². The molecule has 1 amide bonds. The predicted molar refractivity (Wildman–Crippen MR) is 100 cm³/mol. The molecule has 0 unspecified atom stereocenters. The van der Waals surface area contributed by atoms with Crippen molar-refractivity contribution in [2.75, 3.05) is 10.6 Å². The number of anilines is 2. The van der Waals surface area contributed by atoms with Crippen molar-refractivity contribution < 1.29 is 9.72 Å². The van der Waals surface area contributed by atoms with E-state index in [-0.39, 0.29) is 11.6 Å². The number of non-ortho nitro benzene ring substituents is 1. The zero-order valence-corrected chi connectivity index (χ0v) is 14.7. The Morgan fingerprint density at radius 2 is 2.07 bits per heavy atom. The number of carbonyl (C=O) groups is 1. The second kappa shape index (κ2) is 6.91. The molecule has 0 saturated heterocycles. The summed E-state index contributed by atoms with van der Waals surface area (Å²) in [7, 11) is 0. The highest BCUT2D eigenvalue weighted by atomic mass is 16.6. The molecule has 140 valence electrons. The van der Waals surface area contributed by atoms with E-state index in [2.05, 4.69) is 25.7 Å². The Morgan fingerprint density at radius 1 is 1.29 bits per heavy atom. The van der Waals surface area contributed by atoms with E-state index in [4.69, 9.17) is 0 Å². The van der Waals surface area contributed by atoms with Gasteiger partial charge in [0.05, 0.1) is 22.4 Å². The lowest BCUT2D eigenvalue weighted by atomic mass is 9.95. The van der Waals surface area contributed by atoms with Gasteiger partial charge in [-0.25, -0.2) is 4.68 Å². The van der Waals surface area contributed by atoms with Gasteiger partial charge in [0, 0.05) is 24.0 Å². The van der Waals surface area contributed by atoms with Crippen molar-refractivity contribution >= 4 is 23.2 Å². The van der Waals surface area contributed by atoms with E-state index >= 15 is 0 Å². The monoisotopic (exact) mass is 377 g/mol. The van der Waals surface area contributed by atoms with Crippen LogP contribution in [-0.4, -0.2) is 30.6 Å². The highest BCUT2D eigenvalue weighted by Crippen LogP contribution is 2.35. The molecule has 2 N–H and O–H groups in total. The number of allylic oxidation sites excluding steroid dienone is 1. The molecule has 0 aliphatic carbocycles. The van der Waals surface area contributed by atoms with Crippen LogP contribution in [-0.2, 0) is 4.79 Å². The first-order valence-electron chi connectivity index (χ1n) is 8.37. The summed E-state index contributed by atoms with van der Waals surface area (Å²) in [6.07, 6.45) is 4.55. The van der Waals surface area contributed by atoms with E-state index in [1.54, 1.807) is 48.3 Å². The average Bonchev–Trinajstić information content (AvgIpc) is 3.15. The maximum Gasteiger partial charge on any atom is 0.269 e. The quantitative estimate of drug-likeness (QED) is 0.528. The molecule has 10 nitrogen and oxygen atoms in total. The minimum Gasteiger partial charge on any atom is -0.328 e. The van der Waals surface area contributed by atoms with Crippen molar-refractivity contribution in [1.82, 2.24) is 19.7 Å². The number of carbonyl (C=O) groups excluding carboxylic acids is 1. The number of aromatic nitrogens is 4. The summed E-state index contributed by atoms with van der Waals surface area (Å²) < 4.78 is 1.58. The largest absolute Gasteiger partial charge is 0.328 e. The van der Waals surface area contributed by atoms with E-state index in [0.717, 1.165) is 0 Å². The van der Waals surface area contributed by atoms with Crippen molar-refractivity contribution in [1.29, 1.82) is 0 Å². The Bertz CT molecular complexity index is 1070. The van der Waals surface area contributed by atoms with E-state index in [1.807, 2.05) is 0 Å². The number of nitro benzene ring substituents is 1. The molecule has 2 aromatic heterocycles. The van der Waals surface area contributed by atoms with Gasteiger partial charge in [-0.3, -0.25) is 19.9 Å². The molecule has 1 atom stereocenters. The maximum atomic E-state index is 13.1. The number of rotatable bonds is 4. The van der Waals surface area contributed by atoms with E-state index in [0.29, 0.717) is 28.5 Å². The molecule has 0 radical (unpaired) electrons. The Balaban J connectivity index is 1.76. The Kier molecular flexibility index (Phi) is 4.28. The molecular formula is C18H15N7O3. The molecule has 1 aliphatic rings. The number of hydrogen-bond donors (Lipinski definition) is 2. The van der Waals surface area contributed by atoms with Crippen LogP contribution in [0.4, 0.5) is 17.3 Å². The second-order valence-electron chi connectivity index (χ2n) is 6.14. The number of nitrogens with one attached hydrogen (secondary N) is 2. The third-order valence-electron chi connectivity index (χ3n) is 4.38. The van der Waals surface area contributed by atoms with Crippen molar-refractivity contribution in [3.8, 4) is 0 Å². The maximum absolute atomic E-state index is 13.1. The van der Waals surface area contributed by atoms with Crippen LogP contribution >= 0.6 is 0 Å². The van der Waals surface area contributed by atoms with Crippen LogP contribution in [0.2, 0.25) is 0 Å². The molecule has 4 rings (SSSR count). The zero-order valence-electron chi connectivity index (χ0n) is 14.7. The number of amides is 1. The Labute approximate surface area is 159 Å². The number of nitro groups is 1. The van der Waals surface area contributed by atoms with Gasteiger partial charge >= 0.3 is 0 Å². The van der Waals surface area contributed by atoms with Gasteiger partial charge in [0.25, 0.3) is 11.6 Å². The normalized spacial score (nSPS) is 15.5. The Hall–Kier alpha value is -4.08. The van der Waals surface area contributed by atoms with Crippen LogP contribution in [0.1, 0.15) is 18.5 Å². The molecule has 10 heteroatoms. The minimum atomic E-state index is -0.587. The molecule has 0 bridgehead atoms. The fourth-order valence-corrected chi connectivity index (χ4v) is 3.11. The van der Waals surface area contributed by atoms with Gasteiger partial charge in [-0.1, -0.05) is 0 Å². The van der Waals surface area contributed by atoms with Crippen LogP contribution < -0.4 is 10.6 Å². The van der Waals surface area contributed by atoms with Crippen LogP contribution in [0, 0.1) is 10.1 Å². The molecular weight excluding hydrogens is 362 g/mol. The molecule has 28 heavy (non-hydrogen) atoms. The fraction of sp³-hybridized carbons (Fsp3) is 0.111. The molecule has 3 aromatic rings. The van der Waals surface area contributed by atoms with Gasteiger partial charge in [-0.05, 0) is 36.8 Å². The fourth-order valence-electron chi connectivity index (χ4n) is 3.11. The lowest BCUT2D eigenvalue weighted by molar-refractivity contribution is -0.384. The third-order valence-corrected chi connectivity index (χ3v) is 4.38. The average molecular weight is 377 g/mol. The molecule has 0 spiro atoms. The highest BCUT2D eigenvalue weighted by molar-refractivity contribution is 6.05.